The minimum atomic E-state index is 0.0859. The van der Waals surface area contributed by atoms with E-state index in [0.29, 0.717) is 23.0 Å². The maximum atomic E-state index is 9.53. The molecule has 22 heavy (non-hydrogen) atoms. The Morgan fingerprint density at radius 3 is 2.95 bits per heavy atom. The standard InChI is InChI=1S/C14H14N6O2/c1-9-16-18-14-6-5-13(19-20(9)14)17-15-8-10-3-4-11(21)12(7-10)22-2/h3-8,21H,1-2H3,(H,17,19). The second-order valence-electron chi connectivity index (χ2n) is 4.54. The maximum absolute atomic E-state index is 9.53. The molecule has 0 saturated heterocycles. The van der Waals surface area contributed by atoms with E-state index in [1.54, 1.807) is 41.1 Å². The molecule has 0 aliphatic rings. The molecule has 3 rings (SSSR count). The predicted molar refractivity (Wildman–Crippen MR) is 81.4 cm³/mol. The number of rotatable bonds is 4. The summed E-state index contributed by atoms with van der Waals surface area (Å²) in [6, 6.07) is 8.52. The molecule has 0 aliphatic carbocycles. The molecule has 8 nitrogen and oxygen atoms in total. The van der Waals surface area contributed by atoms with Crippen LogP contribution in [0.25, 0.3) is 5.65 Å². The summed E-state index contributed by atoms with van der Waals surface area (Å²) in [5, 5.41) is 25.9. The van der Waals surface area contributed by atoms with Crippen molar-refractivity contribution in [2.24, 2.45) is 5.10 Å². The van der Waals surface area contributed by atoms with Crippen LogP contribution in [-0.4, -0.2) is 38.2 Å². The largest absolute Gasteiger partial charge is 0.504 e. The van der Waals surface area contributed by atoms with Crippen LogP contribution in [0.3, 0.4) is 0 Å². The maximum Gasteiger partial charge on any atom is 0.178 e. The van der Waals surface area contributed by atoms with Gasteiger partial charge in [0, 0.05) is 0 Å². The monoisotopic (exact) mass is 298 g/mol. The number of phenols is 1. The van der Waals surface area contributed by atoms with Crippen LogP contribution in [0.5, 0.6) is 11.5 Å². The highest BCUT2D eigenvalue weighted by Gasteiger charge is 2.03. The van der Waals surface area contributed by atoms with Crippen LogP contribution in [0, 0.1) is 6.92 Å². The zero-order valence-corrected chi connectivity index (χ0v) is 12.1. The summed E-state index contributed by atoms with van der Waals surface area (Å²) in [6.45, 7) is 1.82. The molecule has 0 spiro atoms. The summed E-state index contributed by atoms with van der Waals surface area (Å²) in [5.41, 5.74) is 4.29. The van der Waals surface area contributed by atoms with Crippen LogP contribution in [0.15, 0.2) is 35.4 Å². The molecular weight excluding hydrogens is 284 g/mol. The van der Waals surface area contributed by atoms with Gasteiger partial charge in [0.25, 0.3) is 0 Å². The number of hydrogen-bond donors (Lipinski definition) is 2. The Morgan fingerprint density at radius 1 is 1.27 bits per heavy atom. The van der Waals surface area contributed by atoms with Crippen molar-refractivity contribution in [1.29, 1.82) is 0 Å². The van der Waals surface area contributed by atoms with Crippen molar-refractivity contribution in [2.45, 2.75) is 6.92 Å². The molecular formula is C14H14N6O2. The number of aryl methyl sites for hydroxylation is 1. The van der Waals surface area contributed by atoms with Gasteiger partial charge in [0.1, 0.15) is 0 Å². The van der Waals surface area contributed by atoms with Gasteiger partial charge in [-0.1, -0.05) is 0 Å². The number of benzene rings is 1. The lowest BCUT2D eigenvalue weighted by Gasteiger charge is -2.03. The number of ether oxygens (including phenoxy) is 1. The average molecular weight is 298 g/mol. The molecule has 0 amide bonds. The van der Waals surface area contributed by atoms with Crippen LogP contribution in [0.1, 0.15) is 11.4 Å². The molecule has 0 atom stereocenters. The predicted octanol–water partition coefficient (Wildman–Crippen LogP) is 1.59. The summed E-state index contributed by atoms with van der Waals surface area (Å²) < 4.78 is 6.67. The second kappa shape index (κ2) is 5.68. The van der Waals surface area contributed by atoms with E-state index in [0.717, 1.165) is 5.56 Å². The van der Waals surface area contributed by atoms with E-state index in [1.165, 1.54) is 7.11 Å². The molecule has 2 aromatic heterocycles. The van der Waals surface area contributed by atoms with Gasteiger partial charge in [-0.05, 0) is 42.8 Å². The van der Waals surface area contributed by atoms with E-state index in [9.17, 15) is 5.11 Å². The smallest absolute Gasteiger partial charge is 0.178 e. The van der Waals surface area contributed by atoms with Crippen molar-refractivity contribution in [2.75, 3.05) is 12.5 Å². The van der Waals surface area contributed by atoms with Crippen LogP contribution in [0.2, 0.25) is 0 Å². The van der Waals surface area contributed by atoms with E-state index in [1.807, 2.05) is 6.92 Å². The summed E-state index contributed by atoms with van der Waals surface area (Å²) in [6.07, 6.45) is 1.60. The third kappa shape index (κ3) is 2.66. The minimum absolute atomic E-state index is 0.0859. The third-order valence-corrected chi connectivity index (χ3v) is 3.02. The molecule has 8 heteroatoms. The van der Waals surface area contributed by atoms with Crippen LogP contribution in [-0.2, 0) is 0 Å². The number of phenolic OH excluding ortho intramolecular Hbond substituents is 1. The number of hydrazone groups is 1. The normalized spacial score (nSPS) is 11.2. The Morgan fingerprint density at radius 2 is 2.14 bits per heavy atom. The summed E-state index contributed by atoms with van der Waals surface area (Å²) >= 11 is 0. The number of nitrogens with one attached hydrogen (secondary N) is 1. The number of anilines is 1. The molecule has 0 fully saturated rings. The fourth-order valence-electron chi connectivity index (χ4n) is 1.90. The first kappa shape index (κ1) is 13.8. The van der Waals surface area contributed by atoms with E-state index in [-0.39, 0.29) is 5.75 Å². The third-order valence-electron chi connectivity index (χ3n) is 3.02. The Balaban J connectivity index is 1.76. The topological polar surface area (TPSA) is 96.9 Å². The van der Waals surface area contributed by atoms with Crippen molar-refractivity contribution in [3.05, 3.63) is 41.7 Å². The van der Waals surface area contributed by atoms with Crippen LogP contribution in [0.4, 0.5) is 5.82 Å². The SMILES string of the molecule is COc1cc(C=NNc2ccc3nnc(C)n3n2)ccc1O. The van der Waals surface area contributed by atoms with Gasteiger partial charge in [-0.25, -0.2) is 0 Å². The van der Waals surface area contributed by atoms with Crippen molar-refractivity contribution in [3.8, 4) is 11.5 Å². The van der Waals surface area contributed by atoms with Gasteiger partial charge in [-0.2, -0.15) is 9.62 Å². The van der Waals surface area contributed by atoms with Gasteiger partial charge >= 0.3 is 0 Å². The Kier molecular flexibility index (Phi) is 3.57. The highest BCUT2D eigenvalue weighted by Crippen LogP contribution is 2.25. The van der Waals surface area contributed by atoms with E-state index in [4.69, 9.17) is 4.74 Å². The van der Waals surface area contributed by atoms with Gasteiger partial charge in [0.2, 0.25) is 0 Å². The van der Waals surface area contributed by atoms with E-state index < -0.39 is 0 Å². The van der Waals surface area contributed by atoms with Gasteiger partial charge in [-0.3, -0.25) is 5.43 Å². The fraction of sp³-hybridized carbons (Fsp3) is 0.143. The Bertz CT molecular complexity index is 842. The number of aromatic hydroxyl groups is 1. The van der Waals surface area contributed by atoms with Crippen LogP contribution >= 0.6 is 0 Å². The number of hydrogen-bond acceptors (Lipinski definition) is 7. The Hall–Kier alpha value is -3.16. The summed E-state index contributed by atoms with van der Waals surface area (Å²) in [7, 11) is 1.49. The number of nitrogens with zero attached hydrogens (tertiary/aromatic N) is 5. The quantitative estimate of drug-likeness (QED) is 0.561. The zero-order chi connectivity index (χ0) is 15.5. The number of fused-ring (bicyclic) bond motifs is 1. The van der Waals surface area contributed by atoms with Crippen LogP contribution < -0.4 is 10.2 Å². The molecule has 3 aromatic rings. The summed E-state index contributed by atoms with van der Waals surface area (Å²) in [5.74, 6) is 1.75. The van der Waals surface area contributed by atoms with E-state index in [2.05, 4.69) is 25.8 Å². The molecule has 0 aliphatic heterocycles. The van der Waals surface area contributed by atoms with Gasteiger partial charge in [0.15, 0.2) is 28.8 Å². The lowest BCUT2D eigenvalue weighted by atomic mass is 10.2. The lowest BCUT2D eigenvalue weighted by molar-refractivity contribution is 0.373. The second-order valence-corrected chi connectivity index (χ2v) is 4.54. The molecule has 2 heterocycles. The molecule has 0 bridgehead atoms. The molecule has 0 saturated carbocycles. The Labute approximate surface area is 126 Å². The summed E-state index contributed by atoms with van der Waals surface area (Å²) in [4.78, 5) is 0. The highest BCUT2D eigenvalue weighted by atomic mass is 16.5. The first-order valence-corrected chi connectivity index (χ1v) is 6.52. The number of aromatic nitrogens is 4. The fourth-order valence-corrected chi connectivity index (χ4v) is 1.90. The van der Waals surface area contributed by atoms with Gasteiger partial charge in [-0.15, -0.1) is 15.3 Å². The average Bonchev–Trinajstić information content (AvgIpc) is 2.90. The first-order chi connectivity index (χ1) is 10.7. The molecule has 112 valence electrons. The molecule has 2 N–H and O–H groups in total. The first-order valence-electron chi connectivity index (χ1n) is 6.52. The van der Waals surface area contributed by atoms with Gasteiger partial charge in [0.05, 0.1) is 13.3 Å². The van der Waals surface area contributed by atoms with Crippen molar-refractivity contribution >= 4 is 17.7 Å². The van der Waals surface area contributed by atoms with Crippen molar-refractivity contribution in [1.82, 2.24) is 19.8 Å². The minimum Gasteiger partial charge on any atom is -0.504 e. The highest BCUT2D eigenvalue weighted by molar-refractivity contribution is 5.81. The zero-order valence-electron chi connectivity index (χ0n) is 12.1. The molecule has 0 radical (unpaired) electrons. The molecule has 0 unspecified atom stereocenters. The molecule has 1 aromatic carbocycles. The number of methoxy groups -OCH3 is 1. The van der Waals surface area contributed by atoms with Crippen molar-refractivity contribution < 1.29 is 9.84 Å². The van der Waals surface area contributed by atoms with Gasteiger partial charge < -0.3 is 9.84 Å². The van der Waals surface area contributed by atoms with E-state index >= 15 is 0 Å². The van der Waals surface area contributed by atoms with Crippen molar-refractivity contribution in [3.63, 3.8) is 0 Å². The lowest BCUT2D eigenvalue weighted by Crippen LogP contribution is -2.00.